The molecule has 4 heterocycles. The first-order chi connectivity index (χ1) is 13.4. The Labute approximate surface area is 165 Å². The second-order valence-electron chi connectivity index (χ2n) is 8.69. The van der Waals surface area contributed by atoms with Crippen molar-refractivity contribution >= 4 is 5.65 Å². The lowest BCUT2D eigenvalue weighted by Gasteiger charge is -2.29. The van der Waals surface area contributed by atoms with E-state index in [4.69, 9.17) is 4.98 Å². The monoisotopic (exact) mass is 377 g/mol. The van der Waals surface area contributed by atoms with E-state index in [1.165, 1.54) is 0 Å². The van der Waals surface area contributed by atoms with Crippen LogP contribution in [0.3, 0.4) is 0 Å². The fourth-order valence-electron chi connectivity index (χ4n) is 5.22. The second-order valence-corrected chi connectivity index (χ2v) is 8.69. The van der Waals surface area contributed by atoms with Crippen LogP contribution in [0.15, 0.2) is 30.6 Å². The molecule has 5 rings (SSSR count). The molecule has 1 aliphatic heterocycles. The number of likely N-dealkylation sites (tertiary alicyclic amines) is 1. The summed E-state index contributed by atoms with van der Waals surface area (Å²) in [6.07, 6.45) is 5.67. The molecule has 6 nitrogen and oxygen atoms in total. The molecule has 0 spiro atoms. The first kappa shape index (κ1) is 17.8. The van der Waals surface area contributed by atoms with Crippen molar-refractivity contribution < 1.29 is 5.11 Å². The maximum Gasteiger partial charge on any atom is 0.159 e. The molecular weight excluding hydrogens is 350 g/mol. The van der Waals surface area contributed by atoms with Gasteiger partial charge in [-0.1, -0.05) is 6.07 Å². The number of rotatable bonds is 3. The molecule has 0 amide bonds. The molecule has 2 aliphatic rings. The molecular formula is C22H27N5O. The zero-order valence-corrected chi connectivity index (χ0v) is 16.8. The molecule has 0 bridgehead atoms. The summed E-state index contributed by atoms with van der Waals surface area (Å²) in [5, 5.41) is 16.0. The Kier molecular flexibility index (Phi) is 4.03. The van der Waals surface area contributed by atoms with Crippen LogP contribution in [-0.4, -0.2) is 42.7 Å². The lowest BCUT2D eigenvalue weighted by atomic mass is 9.85. The fourth-order valence-corrected chi connectivity index (χ4v) is 5.22. The molecule has 1 N–H and O–H groups in total. The minimum absolute atomic E-state index is 0.237. The van der Waals surface area contributed by atoms with E-state index in [-0.39, 0.29) is 5.92 Å². The van der Waals surface area contributed by atoms with Crippen molar-refractivity contribution in [3.05, 3.63) is 58.8 Å². The van der Waals surface area contributed by atoms with Gasteiger partial charge in [-0.3, -0.25) is 9.88 Å². The van der Waals surface area contributed by atoms with Gasteiger partial charge in [-0.15, -0.1) is 0 Å². The van der Waals surface area contributed by atoms with E-state index in [9.17, 15) is 5.11 Å². The second kappa shape index (κ2) is 6.36. The molecule has 3 aromatic heterocycles. The van der Waals surface area contributed by atoms with E-state index >= 15 is 0 Å². The summed E-state index contributed by atoms with van der Waals surface area (Å²) in [4.78, 5) is 11.7. The maximum atomic E-state index is 11.5. The van der Waals surface area contributed by atoms with Gasteiger partial charge in [0.25, 0.3) is 0 Å². The summed E-state index contributed by atoms with van der Waals surface area (Å²) >= 11 is 0. The van der Waals surface area contributed by atoms with Crippen LogP contribution in [-0.2, 0) is 12.1 Å². The summed E-state index contributed by atoms with van der Waals surface area (Å²) in [6.45, 7) is 8.85. The van der Waals surface area contributed by atoms with Crippen LogP contribution in [0.25, 0.3) is 5.65 Å². The van der Waals surface area contributed by atoms with Gasteiger partial charge in [0.1, 0.15) is 5.60 Å². The van der Waals surface area contributed by atoms with Gasteiger partial charge < -0.3 is 5.11 Å². The molecule has 3 atom stereocenters. The number of aromatic nitrogens is 4. The van der Waals surface area contributed by atoms with Gasteiger partial charge in [-0.05, 0) is 57.2 Å². The van der Waals surface area contributed by atoms with Crippen molar-refractivity contribution in [1.82, 2.24) is 24.5 Å². The lowest BCUT2D eigenvalue weighted by molar-refractivity contribution is -0.0108. The predicted octanol–water partition coefficient (Wildman–Crippen LogP) is 2.78. The Bertz CT molecular complexity index is 1030. The largest absolute Gasteiger partial charge is 0.383 e. The zero-order chi connectivity index (χ0) is 19.5. The molecule has 6 heteroatoms. The molecule has 28 heavy (non-hydrogen) atoms. The molecule has 146 valence electrons. The third kappa shape index (κ3) is 2.74. The third-order valence-corrected chi connectivity index (χ3v) is 6.63. The van der Waals surface area contributed by atoms with E-state index < -0.39 is 5.60 Å². The van der Waals surface area contributed by atoms with Crippen molar-refractivity contribution in [2.24, 2.45) is 11.8 Å². The van der Waals surface area contributed by atoms with Gasteiger partial charge >= 0.3 is 0 Å². The van der Waals surface area contributed by atoms with Crippen molar-refractivity contribution in [2.45, 2.75) is 45.8 Å². The third-order valence-electron chi connectivity index (χ3n) is 6.63. The normalized spacial score (nSPS) is 27.6. The molecule has 1 saturated carbocycles. The molecule has 0 aromatic carbocycles. The van der Waals surface area contributed by atoms with Gasteiger partial charge in [0.15, 0.2) is 5.65 Å². The highest BCUT2D eigenvalue weighted by molar-refractivity contribution is 5.48. The molecule has 2 fully saturated rings. The number of fused-ring (bicyclic) bond motifs is 2. The van der Waals surface area contributed by atoms with Gasteiger partial charge in [0, 0.05) is 48.7 Å². The molecule has 1 saturated heterocycles. The quantitative estimate of drug-likeness (QED) is 0.760. The van der Waals surface area contributed by atoms with Gasteiger partial charge in [-0.2, -0.15) is 5.10 Å². The number of aryl methyl sites for hydroxylation is 3. The smallest absolute Gasteiger partial charge is 0.159 e. The first-order valence-electron chi connectivity index (χ1n) is 10.1. The Morgan fingerprint density at radius 2 is 2.04 bits per heavy atom. The highest BCUT2D eigenvalue weighted by Gasteiger charge is 2.53. The molecule has 3 aromatic rings. The van der Waals surface area contributed by atoms with Crippen molar-refractivity contribution in [3.8, 4) is 0 Å². The Hall–Kier alpha value is -2.31. The van der Waals surface area contributed by atoms with E-state index in [1.807, 2.05) is 36.8 Å². The number of hydrogen-bond donors (Lipinski definition) is 1. The summed E-state index contributed by atoms with van der Waals surface area (Å²) in [5.74, 6) is 0.757. The van der Waals surface area contributed by atoms with Gasteiger partial charge in [0.05, 0.1) is 11.9 Å². The Balaban J connectivity index is 1.38. The predicted molar refractivity (Wildman–Crippen MR) is 107 cm³/mol. The van der Waals surface area contributed by atoms with Crippen LogP contribution < -0.4 is 0 Å². The van der Waals surface area contributed by atoms with Gasteiger partial charge in [-0.25, -0.2) is 9.50 Å². The minimum Gasteiger partial charge on any atom is -0.383 e. The molecule has 1 aliphatic carbocycles. The average Bonchev–Trinajstić information content (AvgIpc) is 3.33. The topological polar surface area (TPSA) is 66.5 Å². The lowest BCUT2D eigenvalue weighted by Crippen LogP contribution is -2.35. The highest BCUT2D eigenvalue weighted by atomic mass is 16.3. The molecule has 0 radical (unpaired) electrons. The summed E-state index contributed by atoms with van der Waals surface area (Å²) in [5.41, 5.74) is 5.38. The van der Waals surface area contributed by atoms with E-state index in [2.05, 4.69) is 34.0 Å². The summed E-state index contributed by atoms with van der Waals surface area (Å²) < 4.78 is 1.92. The van der Waals surface area contributed by atoms with E-state index in [0.717, 1.165) is 66.3 Å². The minimum atomic E-state index is -0.806. The van der Waals surface area contributed by atoms with Crippen LogP contribution in [0.1, 0.15) is 41.1 Å². The van der Waals surface area contributed by atoms with Gasteiger partial charge in [0.2, 0.25) is 0 Å². The van der Waals surface area contributed by atoms with Crippen molar-refractivity contribution in [2.75, 3.05) is 13.1 Å². The van der Waals surface area contributed by atoms with Crippen LogP contribution in [0.2, 0.25) is 0 Å². The van der Waals surface area contributed by atoms with E-state index in [0.29, 0.717) is 5.92 Å². The average molecular weight is 377 g/mol. The Morgan fingerprint density at radius 3 is 2.82 bits per heavy atom. The standard InChI is InChI=1S/C22H27N5O/c1-14-4-5-20(23-9-14)22(28)7-6-17-11-26(13-19(17)22)12-18-10-24-27-16(3)8-15(2)25-21(18)27/h4-5,8-10,17,19,28H,6-7,11-13H2,1-3H3. The summed E-state index contributed by atoms with van der Waals surface area (Å²) in [6, 6.07) is 6.11. The first-order valence-corrected chi connectivity index (χ1v) is 10.1. The number of pyridine rings is 1. The van der Waals surface area contributed by atoms with Crippen LogP contribution in [0.5, 0.6) is 0 Å². The van der Waals surface area contributed by atoms with Crippen LogP contribution in [0.4, 0.5) is 0 Å². The molecule has 3 unspecified atom stereocenters. The number of nitrogens with zero attached hydrogens (tertiary/aromatic N) is 5. The van der Waals surface area contributed by atoms with Crippen molar-refractivity contribution in [1.29, 1.82) is 0 Å². The fraction of sp³-hybridized carbons (Fsp3) is 0.500. The maximum absolute atomic E-state index is 11.5. The van der Waals surface area contributed by atoms with Crippen LogP contribution >= 0.6 is 0 Å². The van der Waals surface area contributed by atoms with Crippen molar-refractivity contribution in [3.63, 3.8) is 0 Å². The van der Waals surface area contributed by atoms with E-state index in [1.54, 1.807) is 0 Å². The number of hydrogen-bond acceptors (Lipinski definition) is 5. The summed E-state index contributed by atoms with van der Waals surface area (Å²) in [7, 11) is 0. The van der Waals surface area contributed by atoms with Crippen LogP contribution in [0, 0.1) is 32.6 Å². The number of aliphatic hydroxyl groups is 1. The Morgan fingerprint density at radius 1 is 1.18 bits per heavy atom. The highest BCUT2D eigenvalue weighted by Crippen LogP contribution is 2.50. The SMILES string of the molecule is Cc1ccc(C2(O)CCC3CN(Cc4cnn5c(C)cc(C)nc45)CC32)nc1. The zero-order valence-electron chi connectivity index (χ0n) is 16.8.